The van der Waals surface area contributed by atoms with Gasteiger partial charge in [0, 0.05) is 24.2 Å². The summed E-state index contributed by atoms with van der Waals surface area (Å²) in [7, 11) is 2.12. The van der Waals surface area contributed by atoms with Crippen LogP contribution in [-0.2, 0) is 13.0 Å². The molecule has 2 N–H and O–H groups in total. The molecule has 0 bridgehead atoms. The van der Waals surface area contributed by atoms with E-state index in [0.29, 0.717) is 0 Å². The van der Waals surface area contributed by atoms with Crippen LogP contribution in [0.4, 0.5) is 5.69 Å². The summed E-state index contributed by atoms with van der Waals surface area (Å²) in [6.45, 7) is 7.19. The van der Waals surface area contributed by atoms with Gasteiger partial charge in [0.25, 0.3) is 0 Å². The fourth-order valence-electron chi connectivity index (χ4n) is 2.53. The second-order valence-electron chi connectivity index (χ2n) is 5.71. The lowest BCUT2D eigenvalue weighted by molar-refractivity contribution is 0.646. The first-order valence-electron chi connectivity index (χ1n) is 7.46. The molecule has 114 valence electrons. The maximum Gasteiger partial charge on any atom is 0.0898 e. The van der Waals surface area contributed by atoms with E-state index < -0.39 is 0 Å². The highest BCUT2D eigenvalue weighted by Crippen LogP contribution is 2.23. The zero-order chi connectivity index (χ0) is 15.4. The summed E-state index contributed by atoms with van der Waals surface area (Å²) in [5.41, 5.74) is 11.1. The Balaban J connectivity index is 2.09. The van der Waals surface area contributed by atoms with E-state index in [9.17, 15) is 0 Å². The highest BCUT2D eigenvalue weighted by atomic mass is 32.1. The zero-order valence-corrected chi connectivity index (χ0v) is 14.2. The van der Waals surface area contributed by atoms with E-state index >= 15 is 0 Å². The van der Waals surface area contributed by atoms with Gasteiger partial charge in [-0.3, -0.25) is 0 Å². The Morgan fingerprint density at radius 2 is 2.10 bits per heavy atom. The number of thiazole rings is 1. The van der Waals surface area contributed by atoms with Crippen LogP contribution in [0.2, 0.25) is 0 Å². The summed E-state index contributed by atoms with van der Waals surface area (Å²) in [5.74, 6) is 0. The second kappa shape index (κ2) is 7.05. The maximum atomic E-state index is 6.04. The van der Waals surface area contributed by atoms with Gasteiger partial charge in [-0.2, -0.15) is 0 Å². The van der Waals surface area contributed by atoms with Crippen molar-refractivity contribution in [3.05, 3.63) is 45.4 Å². The summed E-state index contributed by atoms with van der Waals surface area (Å²) in [5, 5.41) is 3.26. The molecule has 2 rings (SSSR count). The van der Waals surface area contributed by atoms with Crippen molar-refractivity contribution < 1.29 is 0 Å². The van der Waals surface area contributed by atoms with E-state index in [1.807, 2.05) is 6.92 Å². The SMILES string of the molecule is CCC(N)Cc1ccc(N(C)Cc2csc(C)n2)c(C)c1. The lowest BCUT2D eigenvalue weighted by Crippen LogP contribution is -2.22. The molecule has 1 atom stereocenters. The van der Waals surface area contributed by atoms with Crippen LogP contribution in [0.3, 0.4) is 0 Å². The Morgan fingerprint density at radius 1 is 1.33 bits per heavy atom. The summed E-state index contributed by atoms with van der Waals surface area (Å²) in [4.78, 5) is 6.79. The van der Waals surface area contributed by atoms with E-state index in [1.54, 1.807) is 11.3 Å². The monoisotopic (exact) mass is 303 g/mol. The van der Waals surface area contributed by atoms with Crippen molar-refractivity contribution in [2.24, 2.45) is 5.73 Å². The Morgan fingerprint density at radius 3 is 2.67 bits per heavy atom. The third-order valence-corrected chi connectivity index (χ3v) is 4.58. The van der Waals surface area contributed by atoms with Crippen LogP contribution in [0.25, 0.3) is 0 Å². The zero-order valence-electron chi connectivity index (χ0n) is 13.4. The first-order chi connectivity index (χ1) is 9.99. The van der Waals surface area contributed by atoms with Gasteiger partial charge in [-0.25, -0.2) is 4.98 Å². The van der Waals surface area contributed by atoms with Crippen molar-refractivity contribution in [3.63, 3.8) is 0 Å². The Labute approximate surface area is 131 Å². The second-order valence-corrected chi connectivity index (χ2v) is 6.77. The van der Waals surface area contributed by atoms with Gasteiger partial charge in [0.15, 0.2) is 0 Å². The van der Waals surface area contributed by atoms with Crippen LogP contribution in [-0.4, -0.2) is 18.1 Å². The van der Waals surface area contributed by atoms with E-state index in [-0.39, 0.29) is 6.04 Å². The van der Waals surface area contributed by atoms with Crippen LogP contribution >= 0.6 is 11.3 Å². The summed E-state index contributed by atoms with van der Waals surface area (Å²) >= 11 is 1.71. The van der Waals surface area contributed by atoms with Gasteiger partial charge in [0.2, 0.25) is 0 Å². The fourth-order valence-corrected chi connectivity index (χ4v) is 3.13. The van der Waals surface area contributed by atoms with Crippen LogP contribution in [0.1, 0.15) is 35.2 Å². The van der Waals surface area contributed by atoms with Gasteiger partial charge >= 0.3 is 0 Å². The molecule has 0 aliphatic heterocycles. The first kappa shape index (κ1) is 16.0. The molecule has 1 heterocycles. The van der Waals surface area contributed by atoms with Crippen LogP contribution in [0.5, 0.6) is 0 Å². The van der Waals surface area contributed by atoms with Crippen LogP contribution in [0.15, 0.2) is 23.6 Å². The lowest BCUT2D eigenvalue weighted by atomic mass is 10.0. The lowest BCUT2D eigenvalue weighted by Gasteiger charge is -2.21. The molecule has 1 aromatic carbocycles. The highest BCUT2D eigenvalue weighted by Gasteiger charge is 2.09. The van der Waals surface area contributed by atoms with Gasteiger partial charge in [0.05, 0.1) is 17.2 Å². The van der Waals surface area contributed by atoms with E-state index in [2.05, 4.69) is 54.4 Å². The minimum atomic E-state index is 0.256. The van der Waals surface area contributed by atoms with Gasteiger partial charge in [-0.1, -0.05) is 19.1 Å². The molecule has 0 spiro atoms. The Kier molecular flexibility index (Phi) is 5.37. The summed E-state index contributed by atoms with van der Waals surface area (Å²) in [6, 6.07) is 6.91. The third kappa shape index (κ3) is 4.29. The van der Waals surface area contributed by atoms with Crippen molar-refractivity contribution in [2.45, 2.75) is 46.2 Å². The van der Waals surface area contributed by atoms with E-state index in [4.69, 9.17) is 5.73 Å². The molecular formula is C17H25N3S. The molecule has 4 heteroatoms. The number of hydrogen-bond donors (Lipinski definition) is 1. The first-order valence-corrected chi connectivity index (χ1v) is 8.34. The molecule has 2 aromatic rings. The number of nitrogens with two attached hydrogens (primary N) is 1. The van der Waals surface area contributed by atoms with E-state index in [1.165, 1.54) is 16.8 Å². The molecule has 21 heavy (non-hydrogen) atoms. The predicted molar refractivity (Wildman–Crippen MR) is 92.1 cm³/mol. The normalized spacial score (nSPS) is 12.4. The molecule has 0 amide bonds. The topological polar surface area (TPSA) is 42.1 Å². The summed E-state index contributed by atoms with van der Waals surface area (Å²) in [6.07, 6.45) is 1.97. The maximum absolute atomic E-state index is 6.04. The van der Waals surface area contributed by atoms with Gasteiger partial charge < -0.3 is 10.6 Å². The molecule has 0 fully saturated rings. The van der Waals surface area contributed by atoms with Gasteiger partial charge in [-0.05, 0) is 43.9 Å². The highest BCUT2D eigenvalue weighted by molar-refractivity contribution is 7.09. The quantitative estimate of drug-likeness (QED) is 0.885. The third-order valence-electron chi connectivity index (χ3n) is 3.76. The van der Waals surface area contributed by atoms with Gasteiger partial charge in [-0.15, -0.1) is 11.3 Å². The fraction of sp³-hybridized carbons (Fsp3) is 0.471. The minimum Gasteiger partial charge on any atom is -0.368 e. The average Bonchev–Trinajstić information content (AvgIpc) is 2.83. The molecule has 0 radical (unpaired) electrons. The number of aryl methyl sites for hydroxylation is 2. The Hall–Kier alpha value is -1.39. The number of anilines is 1. The molecule has 1 aromatic heterocycles. The molecule has 3 nitrogen and oxygen atoms in total. The smallest absolute Gasteiger partial charge is 0.0898 e. The number of benzene rings is 1. The van der Waals surface area contributed by atoms with Crippen LogP contribution < -0.4 is 10.6 Å². The van der Waals surface area contributed by atoms with Gasteiger partial charge in [0.1, 0.15) is 0 Å². The number of hydrogen-bond acceptors (Lipinski definition) is 4. The molecule has 0 aliphatic carbocycles. The number of aromatic nitrogens is 1. The minimum absolute atomic E-state index is 0.256. The predicted octanol–water partition coefficient (Wildman–Crippen LogP) is 3.68. The average molecular weight is 303 g/mol. The van der Waals surface area contributed by atoms with Crippen molar-refractivity contribution in [1.29, 1.82) is 0 Å². The number of nitrogens with zero attached hydrogens (tertiary/aromatic N) is 2. The molecular weight excluding hydrogens is 278 g/mol. The van der Waals surface area contributed by atoms with E-state index in [0.717, 1.165) is 30.1 Å². The van der Waals surface area contributed by atoms with Crippen molar-refractivity contribution in [3.8, 4) is 0 Å². The molecule has 0 saturated carbocycles. The largest absolute Gasteiger partial charge is 0.368 e. The van der Waals surface area contributed by atoms with Crippen molar-refractivity contribution in [2.75, 3.05) is 11.9 Å². The van der Waals surface area contributed by atoms with Crippen molar-refractivity contribution >= 4 is 17.0 Å². The Bertz CT molecular complexity index is 591. The summed E-state index contributed by atoms with van der Waals surface area (Å²) < 4.78 is 0. The standard InChI is InChI=1S/C17H25N3S/c1-5-15(18)9-14-6-7-17(12(2)8-14)20(4)10-16-11-21-13(3)19-16/h6-8,11,15H,5,9-10,18H2,1-4H3. The number of rotatable bonds is 6. The molecule has 0 aliphatic rings. The van der Waals surface area contributed by atoms with Crippen molar-refractivity contribution in [1.82, 2.24) is 4.98 Å². The van der Waals surface area contributed by atoms with Crippen LogP contribution in [0, 0.1) is 13.8 Å². The molecule has 1 unspecified atom stereocenters. The molecule has 0 saturated heterocycles.